The third-order valence-electron chi connectivity index (χ3n) is 6.93. The van der Waals surface area contributed by atoms with Gasteiger partial charge in [-0.15, -0.1) is 0 Å². The molecule has 0 unspecified atom stereocenters. The van der Waals surface area contributed by atoms with E-state index < -0.39 is 0 Å². The molecular weight excluding hydrogens is 442 g/mol. The van der Waals surface area contributed by atoms with Crippen molar-refractivity contribution in [2.24, 2.45) is 11.0 Å². The number of carbonyl (C=O) groups is 2. The van der Waals surface area contributed by atoms with Crippen molar-refractivity contribution in [2.75, 3.05) is 33.4 Å². The zero-order valence-corrected chi connectivity index (χ0v) is 21.1. The van der Waals surface area contributed by atoms with Crippen LogP contribution >= 0.6 is 0 Å². The lowest BCUT2D eigenvalue weighted by Gasteiger charge is -2.32. The molecule has 35 heavy (non-hydrogen) atoms. The second-order valence-corrected chi connectivity index (χ2v) is 9.37. The summed E-state index contributed by atoms with van der Waals surface area (Å²) >= 11 is 0. The van der Waals surface area contributed by atoms with E-state index in [0.717, 1.165) is 33.7 Å². The maximum atomic E-state index is 13.6. The van der Waals surface area contributed by atoms with E-state index in [4.69, 9.17) is 14.6 Å². The molecule has 1 atom stereocenters. The molecule has 2 aliphatic heterocycles. The minimum atomic E-state index is -0.231. The third kappa shape index (κ3) is 5.56. The minimum absolute atomic E-state index is 0.0456. The molecule has 0 aliphatic carbocycles. The first-order chi connectivity index (χ1) is 16.9. The highest BCUT2D eigenvalue weighted by atomic mass is 16.5. The van der Waals surface area contributed by atoms with Crippen LogP contribution in [0.2, 0.25) is 0 Å². The van der Waals surface area contributed by atoms with E-state index in [1.54, 1.807) is 12.1 Å². The normalized spacial score (nSPS) is 18.9. The van der Waals surface area contributed by atoms with Crippen LogP contribution in [0, 0.1) is 19.8 Å². The molecule has 1 saturated heterocycles. The summed E-state index contributed by atoms with van der Waals surface area (Å²) in [7, 11) is 1.65. The predicted molar refractivity (Wildman–Crippen MR) is 135 cm³/mol. The van der Waals surface area contributed by atoms with E-state index in [2.05, 4.69) is 36.9 Å². The first-order valence-electron chi connectivity index (χ1n) is 12.4. The van der Waals surface area contributed by atoms with E-state index in [9.17, 15) is 9.59 Å². The SMILES string of the molecule is CCOC(=O)C1CCN(CC(=O)N2N=C(c3cc(C)ccc3C)C[C@H]2c2ccccc2OC)CC1. The first kappa shape index (κ1) is 24.9. The van der Waals surface area contributed by atoms with E-state index in [1.165, 1.54) is 0 Å². The van der Waals surface area contributed by atoms with Crippen LogP contribution in [-0.2, 0) is 14.3 Å². The zero-order chi connectivity index (χ0) is 24.9. The Morgan fingerprint density at radius 1 is 1.09 bits per heavy atom. The van der Waals surface area contributed by atoms with E-state index >= 15 is 0 Å². The summed E-state index contributed by atoms with van der Waals surface area (Å²) in [6, 6.07) is 13.9. The monoisotopic (exact) mass is 477 g/mol. The molecule has 2 heterocycles. The summed E-state index contributed by atoms with van der Waals surface area (Å²) in [6.45, 7) is 8.02. The molecule has 4 rings (SSSR count). The Hall–Kier alpha value is -3.19. The molecule has 1 fully saturated rings. The Bertz CT molecular complexity index is 1110. The second kappa shape index (κ2) is 11.0. The van der Waals surface area contributed by atoms with Gasteiger partial charge in [0.1, 0.15) is 5.75 Å². The van der Waals surface area contributed by atoms with Crippen LogP contribution in [0.5, 0.6) is 5.75 Å². The number of aryl methyl sites for hydroxylation is 2. The second-order valence-electron chi connectivity index (χ2n) is 9.37. The number of amides is 1. The maximum absolute atomic E-state index is 13.6. The standard InChI is InChI=1S/C28H35N3O4/c1-5-35-28(33)21-12-14-30(15-13-21)18-27(32)31-25(22-8-6-7-9-26(22)34-4)17-24(29-31)23-16-19(2)10-11-20(23)3/h6-11,16,21,25H,5,12-15,17-18H2,1-4H3/t25-/m0/s1. The van der Waals surface area contributed by atoms with Crippen molar-refractivity contribution in [1.82, 2.24) is 9.91 Å². The van der Waals surface area contributed by atoms with Crippen LogP contribution < -0.4 is 4.74 Å². The van der Waals surface area contributed by atoms with Gasteiger partial charge in [0.2, 0.25) is 0 Å². The van der Waals surface area contributed by atoms with Crippen molar-refractivity contribution >= 4 is 17.6 Å². The summed E-state index contributed by atoms with van der Waals surface area (Å²) < 4.78 is 10.8. The highest BCUT2D eigenvalue weighted by molar-refractivity contribution is 6.04. The topological polar surface area (TPSA) is 71.4 Å². The Morgan fingerprint density at radius 3 is 2.54 bits per heavy atom. The fraction of sp³-hybridized carbons (Fsp3) is 0.464. The van der Waals surface area contributed by atoms with Gasteiger partial charge < -0.3 is 9.47 Å². The third-order valence-corrected chi connectivity index (χ3v) is 6.93. The predicted octanol–water partition coefficient (Wildman–Crippen LogP) is 4.26. The number of ether oxygens (including phenoxy) is 2. The van der Waals surface area contributed by atoms with Gasteiger partial charge in [-0.25, -0.2) is 5.01 Å². The van der Waals surface area contributed by atoms with Crippen molar-refractivity contribution in [3.63, 3.8) is 0 Å². The lowest BCUT2D eigenvalue weighted by molar-refractivity contribution is -0.149. The largest absolute Gasteiger partial charge is 0.496 e. The summed E-state index contributed by atoms with van der Waals surface area (Å²) in [5, 5.41) is 6.52. The molecule has 2 aromatic carbocycles. The Balaban J connectivity index is 1.55. The number of piperidine rings is 1. The molecule has 0 radical (unpaired) electrons. The number of benzene rings is 2. The van der Waals surface area contributed by atoms with Gasteiger partial charge in [-0.1, -0.05) is 35.9 Å². The van der Waals surface area contributed by atoms with Crippen LogP contribution in [0.25, 0.3) is 0 Å². The molecule has 0 saturated carbocycles. The van der Waals surface area contributed by atoms with Gasteiger partial charge in [-0.3, -0.25) is 14.5 Å². The summed E-state index contributed by atoms with van der Waals surface area (Å²) in [6.07, 6.45) is 2.04. The molecule has 0 aromatic heterocycles. The van der Waals surface area contributed by atoms with E-state index in [0.29, 0.717) is 39.0 Å². The molecule has 2 aliphatic rings. The number of nitrogens with zero attached hydrogens (tertiary/aromatic N) is 3. The summed E-state index contributed by atoms with van der Waals surface area (Å²) in [5.41, 5.74) is 5.25. The highest BCUT2D eigenvalue weighted by Crippen LogP contribution is 2.38. The van der Waals surface area contributed by atoms with Crippen molar-refractivity contribution in [3.05, 3.63) is 64.7 Å². The summed E-state index contributed by atoms with van der Waals surface area (Å²) in [5.74, 6) is 0.499. The van der Waals surface area contributed by atoms with Gasteiger partial charge in [0, 0.05) is 17.5 Å². The van der Waals surface area contributed by atoms with Gasteiger partial charge in [0.25, 0.3) is 5.91 Å². The maximum Gasteiger partial charge on any atom is 0.309 e. The molecule has 0 bridgehead atoms. The number of rotatable bonds is 7. The number of hydrazone groups is 1. The number of para-hydroxylation sites is 1. The number of esters is 1. The van der Waals surface area contributed by atoms with Gasteiger partial charge in [0.15, 0.2) is 0 Å². The van der Waals surface area contributed by atoms with Crippen molar-refractivity contribution in [3.8, 4) is 5.75 Å². The van der Waals surface area contributed by atoms with Crippen LogP contribution in [0.3, 0.4) is 0 Å². The average Bonchev–Trinajstić information content (AvgIpc) is 3.31. The zero-order valence-electron chi connectivity index (χ0n) is 21.1. The molecule has 7 nitrogen and oxygen atoms in total. The molecular formula is C28H35N3O4. The molecule has 186 valence electrons. The van der Waals surface area contributed by atoms with Crippen molar-refractivity contribution in [1.29, 1.82) is 0 Å². The average molecular weight is 478 g/mol. The summed E-state index contributed by atoms with van der Waals surface area (Å²) in [4.78, 5) is 27.8. The lowest BCUT2D eigenvalue weighted by Crippen LogP contribution is -2.43. The van der Waals surface area contributed by atoms with Gasteiger partial charge in [-0.05, 0) is 64.4 Å². The Morgan fingerprint density at radius 2 is 1.83 bits per heavy atom. The lowest BCUT2D eigenvalue weighted by atomic mass is 9.94. The van der Waals surface area contributed by atoms with Crippen LogP contribution in [-0.4, -0.2) is 60.8 Å². The molecule has 2 aromatic rings. The number of carbonyl (C=O) groups excluding carboxylic acids is 2. The minimum Gasteiger partial charge on any atom is -0.496 e. The van der Waals surface area contributed by atoms with Gasteiger partial charge >= 0.3 is 5.97 Å². The van der Waals surface area contributed by atoms with Gasteiger partial charge in [-0.2, -0.15) is 5.10 Å². The fourth-order valence-electron chi connectivity index (χ4n) is 4.98. The molecule has 0 N–H and O–H groups in total. The number of likely N-dealkylation sites (tertiary alicyclic amines) is 1. The molecule has 1 amide bonds. The smallest absolute Gasteiger partial charge is 0.309 e. The van der Waals surface area contributed by atoms with Crippen LogP contribution in [0.1, 0.15) is 54.5 Å². The Kier molecular flexibility index (Phi) is 7.86. The fourth-order valence-corrected chi connectivity index (χ4v) is 4.98. The molecule has 0 spiro atoms. The number of hydrogen-bond acceptors (Lipinski definition) is 6. The van der Waals surface area contributed by atoms with E-state index in [1.807, 2.05) is 31.2 Å². The van der Waals surface area contributed by atoms with E-state index in [-0.39, 0.29) is 30.4 Å². The number of methoxy groups -OCH3 is 1. The number of hydrogen-bond donors (Lipinski definition) is 0. The Labute approximate surface area is 207 Å². The van der Waals surface area contributed by atoms with Crippen molar-refractivity contribution < 1.29 is 19.1 Å². The van der Waals surface area contributed by atoms with Crippen molar-refractivity contribution in [2.45, 2.75) is 46.1 Å². The van der Waals surface area contributed by atoms with Crippen LogP contribution in [0.4, 0.5) is 0 Å². The van der Waals surface area contributed by atoms with Gasteiger partial charge in [0.05, 0.1) is 37.9 Å². The quantitative estimate of drug-likeness (QED) is 0.557. The highest BCUT2D eigenvalue weighted by Gasteiger charge is 2.36. The molecule has 7 heteroatoms. The van der Waals surface area contributed by atoms with Crippen LogP contribution in [0.15, 0.2) is 47.6 Å². The first-order valence-corrected chi connectivity index (χ1v) is 12.4.